The van der Waals surface area contributed by atoms with E-state index in [9.17, 15) is 8.78 Å². The number of thiophene rings is 1. The van der Waals surface area contributed by atoms with E-state index in [1.165, 1.54) is 6.07 Å². The minimum atomic E-state index is -0.820. The molecule has 1 aromatic carbocycles. The Balaban J connectivity index is 2.08. The highest BCUT2D eigenvalue weighted by atomic mass is 32.1. The zero-order valence-corrected chi connectivity index (χ0v) is 10.5. The van der Waals surface area contributed by atoms with Crippen LogP contribution in [0.25, 0.3) is 0 Å². The van der Waals surface area contributed by atoms with E-state index >= 15 is 0 Å². The van der Waals surface area contributed by atoms with Crippen LogP contribution in [-0.2, 0) is 12.8 Å². The van der Waals surface area contributed by atoms with Crippen LogP contribution in [0.1, 0.15) is 10.4 Å². The minimum Gasteiger partial charge on any atom is -0.271 e. The smallest absolute Gasteiger partial charge is 0.162 e. The van der Waals surface area contributed by atoms with Crippen LogP contribution in [0.5, 0.6) is 0 Å². The van der Waals surface area contributed by atoms with Crippen LogP contribution < -0.4 is 11.3 Å². The lowest BCUT2D eigenvalue weighted by Gasteiger charge is -2.15. The van der Waals surface area contributed by atoms with Gasteiger partial charge < -0.3 is 0 Å². The lowest BCUT2D eigenvalue weighted by atomic mass is 10.0. The molecule has 5 heteroatoms. The Morgan fingerprint density at radius 3 is 2.67 bits per heavy atom. The summed E-state index contributed by atoms with van der Waals surface area (Å²) in [7, 11) is 0. The molecule has 0 saturated carbocycles. The number of nitrogens with two attached hydrogens (primary N) is 1. The SMILES string of the molecule is NNC(Cc1cccs1)Cc1cccc(F)c1F. The lowest BCUT2D eigenvalue weighted by molar-refractivity contribution is 0.475. The van der Waals surface area contributed by atoms with E-state index in [1.807, 2.05) is 17.5 Å². The third-order valence-electron chi connectivity index (χ3n) is 2.76. The summed E-state index contributed by atoms with van der Waals surface area (Å²) in [6.45, 7) is 0. The maximum atomic E-state index is 13.5. The van der Waals surface area contributed by atoms with Crippen molar-refractivity contribution >= 4 is 11.3 Å². The molecule has 96 valence electrons. The summed E-state index contributed by atoms with van der Waals surface area (Å²) < 4.78 is 26.6. The topological polar surface area (TPSA) is 38.0 Å². The monoisotopic (exact) mass is 268 g/mol. The molecule has 0 fully saturated rings. The van der Waals surface area contributed by atoms with Gasteiger partial charge in [0.15, 0.2) is 11.6 Å². The molecule has 18 heavy (non-hydrogen) atoms. The zero-order chi connectivity index (χ0) is 13.0. The van der Waals surface area contributed by atoms with E-state index in [1.54, 1.807) is 17.4 Å². The molecule has 0 radical (unpaired) electrons. The fourth-order valence-corrected chi connectivity index (χ4v) is 2.62. The van der Waals surface area contributed by atoms with Crippen LogP contribution in [0.2, 0.25) is 0 Å². The number of rotatable bonds is 5. The molecule has 0 amide bonds. The summed E-state index contributed by atoms with van der Waals surface area (Å²) in [5.74, 6) is 3.86. The van der Waals surface area contributed by atoms with Crippen LogP contribution in [0.4, 0.5) is 8.78 Å². The summed E-state index contributed by atoms with van der Waals surface area (Å²) in [5.41, 5.74) is 3.00. The van der Waals surface area contributed by atoms with Crippen molar-refractivity contribution in [1.82, 2.24) is 5.43 Å². The highest BCUT2D eigenvalue weighted by Crippen LogP contribution is 2.16. The van der Waals surface area contributed by atoms with Gasteiger partial charge in [-0.1, -0.05) is 18.2 Å². The first kappa shape index (κ1) is 13.1. The third kappa shape index (κ3) is 3.13. The van der Waals surface area contributed by atoms with E-state index in [0.717, 1.165) is 10.9 Å². The van der Waals surface area contributed by atoms with E-state index in [4.69, 9.17) is 5.84 Å². The van der Waals surface area contributed by atoms with E-state index in [-0.39, 0.29) is 6.04 Å². The molecule has 0 spiro atoms. The van der Waals surface area contributed by atoms with Crippen molar-refractivity contribution in [3.63, 3.8) is 0 Å². The molecule has 1 aromatic heterocycles. The van der Waals surface area contributed by atoms with Crippen molar-refractivity contribution in [3.05, 3.63) is 57.8 Å². The Morgan fingerprint density at radius 2 is 2.00 bits per heavy atom. The predicted molar refractivity (Wildman–Crippen MR) is 69.2 cm³/mol. The number of benzene rings is 1. The van der Waals surface area contributed by atoms with Crippen LogP contribution in [0.15, 0.2) is 35.7 Å². The average molecular weight is 268 g/mol. The number of hydrogen-bond donors (Lipinski definition) is 2. The van der Waals surface area contributed by atoms with Crippen molar-refractivity contribution in [2.24, 2.45) is 5.84 Å². The Labute approximate surface area is 108 Å². The van der Waals surface area contributed by atoms with Gasteiger partial charge in [0, 0.05) is 10.9 Å². The van der Waals surface area contributed by atoms with Crippen molar-refractivity contribution in [1.29, 1.82) is 0 Å². The lowest BCUT2D eigenvalue weighted by Crippen LogP contribution is -2.38. The molecular weight excluding hydrogens is 254 g/mol. The highest BCUT2D eigenvalue weighted by Gasteiger charge is 2.14. The van der Waals surface area contributed by atoms with Crippen LogP contribution in [-0.4, -0.2) is 6.04 Å². The van der Waals surface area contributed by atoms with E-state index in [2.05, 4.69) is 5.43 Å². The number of halogens is 2. The first-order valence-electron chi connectivity index (χ1n) is 5.62. The molecule has 2 aromatic rings. The molecule has 1 atom stereocenters. The average Bonchev–Trinajstić information content (AvgIpc) is 2.86. The summed E-state index contributed by atoms with van der Waals surface area (Å²) in [4.78, 5) is 1.16. The highest BCUT2D eigenvalue weighted by molar-refractivity contribution is 7.09. The predicted octanol–water partition coefficient (Wildman–Crippen LogP) is 2.64. The fourth-order valence-electron chi connectivity index (χ4n) is 1.83. The van der Waals surface area contributed by atoms with Gasteiger partial charge in [0.25, 0.3) is 0 Å². The standard InChI is InChI=1S/C13H14F2N2S/c14-12-5-1-3-9(13(12)15)7-10(17-16)8-11-4-2-6-18-11/h1-6,10,17H,7-8,16H2. The van der Waals surface area contributed by atoms with Gasteiger partial charge in [-0.3, -0.25) is 11.3 Å². The van der Waals surface area contributed by atoms with Crippen molar-refractivity contribution in [2.45, 2.75) is 18.9 Å². The van der Waals surface area contributed by atoms with Gasteiger partial charge in [0.2, 0.25) is 0 Å². The van der Waals surface area contributed by atoms with Crippen molar-refractivity contribution < 1.29 is 8.78 Å². The molecule has 1 unspecified atom stereocenters. The second-order valence-electron chi connectivity index (χ2n) is 4.06. The Bertz CT molecular complexity index is 500. The molecule has 3 N–H and O–H groups in total. The molecule has 0 aliphatic rings. The Hall–Kier alpha value is -1.30. The fraction of sp³-hybridized carbons (Fsp3) is 0.231. The second-order valence-corrected chi connectivity index (χ2v) is 5.10. The third-order valence-corrected chi connectivity index (χ3v) is 3.66. The molecule has 0 aliphatic carbocycles. The molecule has 0 bridgehead atoms. The van der Waals surface area contributed by atoms with Gasteiger partial charge in [0.05, 0.1) is 0 Å². The first-order valence-corrected chi connectivity index (χ1v) is 6.50. The largest absolute Gasteiger partial charge is 0.271 e. The van der Waals surface area contributed by atoms with Gasteiger partial charge >= 0.3 is 0 Å². The molecule has 1 heterocycles. The van der Waals surface area contributed by atoms with Gasteiger partial charge in [0.1, 0.15) is 0 Å². The zero-order valence-electron chi connectivity index (χ0n) is 9.70. The number of hydrazine groups is 1. The van der Waals surface area contributed by atoms with Gasteiger partial charge in [-0.15, -0.1) is 11.3 Å². The summed E-state index contributed by atoms with van der Waals surface area (Å²) in [6.07, 6.45) is 1.06. The summed E-state index contributed by atoms with van der Waals surface area (Å²) >= 11 is 1.62. The van der Waals surface area contributed by atoms with Crippen LogP contribution in [0, 0.1) is 11.6 Å². The van der Waals surface area contributed by atoms with Gasteiger partial charge in [-0.2, -0.15) is 0 Å². The molecular formula is C13H14F2N2S. The Kier molecular flexibility index (Phi) is 4.41. The van der Waals surface area contributed by atoms with E-state index < -0.39 is 11.6 Å². The summed E-state index contributed by atoms with van der Waals surface area (Å²) in [6, 6.07) is 8.04. The first-order chi connectivity index (χ1) is 8.70. The van der Waals surface area contributed by atoms with Crippen LogP contribution >= 0.6 is 11.3 Å². The Morgan fingerprint density at radius 1 is 1.17 bits per heavy atom. The molecule has 2 rings (SSSR count). The molecule has 0 saturated heterocycles. The van der Waals surface area contributed by atoms with Crippen molar-refractivity contribution in [2.75, 3.05) is 0 Å². The molecule has 2 nitrogen and oxygen atoms in total. The maximum Gasteiger partial charge on any atom is 0.162 e. The van der Waals surface area contributed by atoms with Gasteiger partial charge in [-0.05, 0) is 35.9 Å². The number of hydrogen-bond acceptors (Lipinski definition) is 3. The van der Waals surface area contributed by atoms with E-state index in [0.29, 0.717) is 18.4 Å². The summed E-state index contributed by atoms with van der Waals surface area (Å²) in [5, 5.41) is 1.98. The number of nitrogens with one attached hydrogen (secondary N) is 1. The van der Waals surface area contributed by atoms with Crippen molar-refractivity contribution in [3.8, 4) is 0 Å². The van der Waals surface area contributed by atoms with Gasteiger partial charge in [-0.25, -0.2) is 8.78 Å². The second kappa shape index (κ2) is 6.04. The maximum absolute atomic E-state index is 13.5. The quantitative estimate of drug-likeness (QED) is 0.646. The minimum absolute atomic E-state index is 0.111. The normalized spacial score (nSPS) is 12.6. The molecule has 0 aliphatic heterocycles. The van der Waals surface area contributed by atoms with Crippen LogP contribution in [0.3, 0.4) is 0 Å².